The fraction of sp³-hybridized carbons (Fsp3) is 0.800. The van der Waals surface area contributed by atoms with Crippen LogP contribution in [0.25, 0.3) is 0 Å². The summed E-state index contributed by atoms with van der Waals surface area (Å²) in [7, 11) is 2.01. The van der Waals surface area contributed by atoms with Crippen LogP contribution in [0.3, 0.4) is 0 Å². The maximum absolute atomic E-state index is 6.38. The molecule has 0 bridgehead atoms. The molecule has 1 fully saturated rings. The maximum atomic E-state index is 6.38. The first-order valence-corrected chi connectivity index (χ1v) is 18.9. The minimum Gasteiger partial charge on any atom is -0.347 e. The molecule has 0 saturated carbocycles. The van der Waals surface area contributed by atoms with Gasteiger partial charge in [0.1, 0.15) is 0 Å². The van der Waals surface area contributed by atoms with Crippen molar-refractivity contribution in [2.24, 2.45) is 0 Å². The molecule has 0 aromatic carbocycles. The third-order valence-corrected chi connectivity index (χ3v) is 8.58. The van der Waals surface area contributed by atoms with Crippen molar-refractivity contribution in [3.05, 3.63) is 48.6 Å². The van der Waals surface area contributed by atoms with E-state index in [4.69, 9.17) is 9.47 Å². The predicted octanol–water partition coefficient (Wildman–Crippen LogP) is 12.3. The Morgan fingerprint density at radius 2 is 0.814 bits per heavy atom. The van der Waals surface area contributed by atoms with Crippen LogP contribution in [0, 0.1) is 0 Å². The summed E-state index contributed by atoms with van der Waals surface area (Å²) >= 11 is 0. The van der Waals surface area contributed by atoms with Crippen molar-refractivity contribution in [3.8, 4) is 0 Å². The van der Waals surface area contributed by atoms with E-state index in [-0.39, 0.29) is 6.29 Å². The van der Waals surface area contributed by atoms with Gasteiger partial charge in [0.2, 0.25) is 0 Å². The smallest absolute Gasteiger partial charge is 0.159 e. The van der Waals surface area contributed by atoms with Crippen LogP contribution >= 0.6 is 0 Å². The largest absolute Gasteiger partial charge is 0.347 e. The van der Waals surface area contributed by atoms with E-state index in [2.05, 4.69) is 67.8 Å². The zero-order chi connectivity index (χ0) is 30.9. The van der Waals surface area contributed by atoms with E-state index in [0.29, 0.717) is 12.2 Å². The average Bonchev–Trinajstić information content (AvgIpc) is 3.41. The van der Waals surface area contributed by atoms with Gasteiger partial charge in [0, 0.05) is 6.42 Å². The summed E-state index contributed by atoms with van der Waals surface area (Å²) in [4.78, 5) is 0. The second kappa shape index (κ2) is 32.2. The molecule has 1 saturated heterocycles. The lowest BCUT2D eigenvalue weighted by Crippen LogP contribution is -2.22. The Morgan fingerprint density at radius 1 is 0.442 bits per heavy atom. The molecule has 0 spiro atoms. The molecule has 2 atom stereocenters. The first kappa shape index (κ1) is 39.9. The molecular weight excluding hydrogens is 526 g/mol. The summed E-state index contributed by atoms with van der Waals surface area (Å²) < 4.78 is 12.8. The Labute approximate surface area is 269 Å². The zero-order valence-electron chi connectivity index (χ0n) is 29.1. The lowest BCUT2D eigenvalue weighted by molar-refractivity contribution is -0.0709. The fourth-order valence-electron chi connectivity index (χ4n) is 5.82. The van der Waals surface area contributed by atoms with Crippen LogP contribution in [-0.2, 0) is 9.47 Å². The van der Waals surface area contributed by atoms with E-state index in [9.17, 15) is 0 Å². The van der Waals surface area contributed by atoms with Crippen LogP contribution in [0.4, 0.5) is 0 Å². The van der Waals surface area contributed by atoms with Crippen LogP contribution in [0.2, 0.25) is 0 Å². The molecule has 1 aliphatic heterocycles. The molecule has 1 N–H and O–H groups in total. The number of hydrogen-bond donors (Lipinski definition) is 1. The van der Waals surface area contributed by atoms with E-state index in [0.717, 1.165) is 38.6 Å². The summed E-state index contributed by atoms with van der Waals surface area (Å²) in [6, 6.07) is 0. The highest BCUT2D eigenvalue weighted by Crippen LogP contribution is 2.29. The number of rotatable bonds is 31. The van der Waals surface area contributed by atoms with Gasteiger partial charge in [-0.25, -0.2) is 0 Å². The molecule has 1 rings (SSSR count). The Hall–Kier alpha value is -1.16. The summed E-state index contributed by atoms with van der Waals surface area (Å²) in [6.45, 7) is 5.49. The Balaban J connectivity index is 2.09. The molecule has 1 aliphatic rings. The highest BCUT2D eigenvalue weighted by molar-refractivity contribution is 4.93. The summed E-state index contributed by atoms with van der Waals surface area (Å²) in [5.74, 6) is 0. The third kappa shape index (κ3) is 25.8. The topological polar surface area (TPSA) is 30.5 Å². The highest BCUT2D eigenvalue weighted by Gasteiger charge is 2.34. The zero-order valence-corrected chi connectivity index (χ0v) is 29.1. The number of hydrogen-bond acceptors (Lipinski definition) is 3. The van der Waals surface area contributed by atoms with Gasteiger partial charge in [-0.2, -0.15) is 0 Å². The van der Waals surface area contributed by atoms with E-state index >= 15 is 0 Å². The van der Waals surface area contributed by atoms with Gasteiger partial charge in [-0.05, 0) is 90.6 Å². The van der Waals surface area contributed by atoms with Gasteiger partial charge in [-0.15, -0.1) is 0 Å². The molecule has 0 amide bonds. The Kier molecular flexibility index (Phi) is 29.9. The summed E-state index contributed by atoms with van der Waals surface area (Å²) in [5.41, 5.74) is 0. The first-order valence-electron chi connectivity index (χ1n) is 18.9. The standard InChI is InChI=1S/C40H73NO2/c1-4-6-8-10-12-14-16-18-20-22-24-26-28-30-32-34-38-39(43-40(42-38)36-37-41-3)35-33-31-29-27-25-23-21-19-17-15-13-11-9-7-5-2/h12-15,18-21,38-41H,4-11,16-17,22-37H2,1-3H3/b14-12-,15-13-,20-18-,21-19-. The molecule has 2 unspecified atom stereocenters. The summed E-state index contributed by atoms with van der Waals surface area (Å²) in [6.07, 6.45) is 51.0. The lowest BCUT2D eigenvalue weighted by Gasteiger charge is -2.16. The van der Waals surface area contributed by atoms with Crippen molar-refractivity contribution in [1.29, 1.82) is 0 Å². The number of unbranched alkanes of at least 4 members (excludes halogenated alkanes) is 16. The minimum absolute atomic E-state index is 0.0154. The number of nitrogens with one attached hydrogen (secondary N) is 1. The molecule has 3 heteroatoms. The molecular formula is C40H73NO2. The molecule has 0 aromatic heterocycles. The lowest BCUT2D eigenvalue weighted by atomic mass is 9.99. The predicted molar refractivity (Wildman–Crippen MR) is 191 cm³/mol. The van der Waals surface area contributed by atoms with Gasteiger partial charge in [0.05, 0.1) is 12.2 Å². The van der Waals surface area contributed by atoms with E-state index in [1.54, 1.807) is 0 Å². The monoisotopic (exact) mass is 600 g/mol. The van der Waals surface area contributed by atoms with Crippen molar-refractivity contribution in [3.63, 3.8) is 0 Å². The maximum Gasteiger partial charge on any atom is 0.159 e. The third-order valence-electron chi connectivity index (χ3n) is 8.58. The quantitative estimate of drug-likeness (QED) is 0.0635. The van der Waals surface area contributed by atoms with E-state index in [1.165, 1.54) is 128 Å². The van der Waals surface area contributed by atoms with Gasteiger partial charge in [-0.1, -0.05) is 140 Å². The van der Waals surface area contributed by atoms with E-state index in [1.807, 2.05) is 7.05 Å². The molecule has 250 valence electrons. The normalized spacial score (nSPS) is 19.4. The molecule has 0 aromatic rings. The molecule has 43 heavy (non-hydrogen) atoms. The van der Waals surface area contributed by atoms with Crippen LogP contribution in [0.1, 0.15) is 174 Å². The van der Waals surface area contributed by atoms with Gasteiger partial charge in [0.25, 0.3) is 0 Å². The van der Waals surface area contributed by atoms with Crippen molar-refractivity contribution >= 4 is 0 Å². The van der Waals surface area contributed by atoms with E-state index < -0.39 is 0 Å². The highest BCUT2D eigenvalue weighted by atomic mass is 16.7. The van der Waals surface area contributed by atoms with Crippen LogP contribution in [-0.4, -0.2) is 32.1 Å². The van der Waals surface area contributed by atoms with Crippen molar-refractivity contribution in [2.45, 2.75) is 193 Å². The van der Waals surface area contributed by atoms with Gasteiger partial charge >= 0.3 is 0 Å². The van der Waals surface area contributed by atoms with Crippen LogP contribution < -0.4 is 5.32 Å². The van der Waals surface area contributed by atoms with Gasteiger partial charge in [0.15, 0.2) is 6.29 Å². The minimum atomic E-state index is -0.0154. The Bertz CT molecular complexity index is 628. The Morgan fingerprint density at radius 3 is 1.21 bits per heavy atom. The van der Waals surface area contributed by atoms with Gasteiger partial charge in [-0.3, -0.25) is 0 Å². The van der Waals surface area contributed by atoms with Crippen molar-refractivity contribution < 1.29 is 9.47 Å². The second-order valence-corrected chi connectivity index (χ2v) is 12.7. The number of allylic oxidation sites excluding steroid dienone is 8. The fourth-order valence-corrected chi connectivity index (χ4v) is 5.82. The van der Waals surface area contributed by atoms with Gasteiger partial charge < -0.3 is 14.8 Å². The molecule has 0 aliphatic carbocycles. The van der Waals surface area contributed by atoms with Crippen LogP contribution in [0.15, 0.2) is 48.6 Å². The molecule has 1 heterocycles. The second-order valence-electron chi connectivity index (χ2n) is 12.7. The number of ether oxygens (including phenoxy) is 2. The average molecular weight is 600 g/mol. The van der Waals surface area contributed by atoms with Crippen molar-refractivity contribution in [2.75, 3.05) is 13.6 Å². The summed E-state index contributed by atoms with van der Waals surface area (Å²) in [5, 5.41) is 3.25. The van der Waals surface area contributed by atoms with Crippen LogP contribution in [0.5, 0.6) is 0 Å². The SMILES string of the molecule is CCCCC/C=C\C/C=C\CCCCCCCC1OC(CCNC)OC1CCCCCCC/C=C\C/C=C\CCCCC. The molecule has 0 radical (unpaired) electrons. The first-order chi connectivity index (χ1) is 21.3. The molecule has 3 nitrogen and oxygen atoms in total. The van der Waals surface area contributed by atoms with Crippen molar-refractivity contribution in [1.82, 2.24) is 5.32 Å².